The fourth-order valence-corrected chi connectivity index (χ4v) is 4.30. The van der Waals surface area contributed by atoms with E-state index in [2.05, 4.69) is 24.9 Å². The van der Waals surface area contributed by atoms with Crippen LogP contribution in [-0.2, 0) is 12.4 Å². The molecule has 2 aromatic heterocycles. The molecule has 31 heavy (non-hydrogen) atoms. The number of nitrogens with zero attached hydrogens (tertiary/aromatic N) is 5. The van der Waals surface area contributed by atoms with Gasteiger partial charge >= 0.3 is 0 Å². The fraction of sp³-hybridized carbons (Fsp3) is 0.273. The van der Waals surface area contributed by atoms with Gasteiger partial charge in [0.15, 0.2) is 11.0 Å². The lowest BCUT2D eigenvalue weighted by Crippen LogP contribution is -2.07. The summed E-state index contributed by atoms with van der Waals surface area (Å²) in [6.07, 6.45) is 2.23. The Morgan fingerprint density at radius 1 is 1.16 bits per heavy atom. The molecule has 0 spiro atoms. The van der Waals surface area contributed by atoms with Crippen molar-refractivity contribution in [3.05, 3.63) is 70.8 Å². The lowest BCUT2D eigenvalue weighted by atomic mass is 10.1. The van der Waals surface area contributed by atoms with E-state index in [1.54, 1.807) is 6.07 Å². The van der Waals surface area contributed by atoms with E-state index in [1.807, 2.05) is 49.4 Å². The largest absolute Gasteiger partial charge is 0.484 e. The summed E-state index contributed by atoms with van der Waals surface area (Å²) in [7, 11) is 0. The predicted octanol–water partition coefficient (Wildman–Crippen LogP) is 5.50. The number of thioether (sulfide) groups is 1. The molecule has 9 heteroatoms. The molecule has 0 atom stereocenters. The van der Waals surface area contributed by atoms with Gasteiger partial charge in [-0.3, -0.25) is 4.57 Å². The third-order valence-corrected chi connectivity index (χ3v) is 6.15. The Hall–Kier alpha value is -2.84. The molecule has 0 bridgehead atoms. The van der Waals surface area contributed by atoms with Gasteiger partial charge in [-0.15, -0.1) is 10.2 Å². The normalized spacial score (nSPS) is 13.5. The van der Waals surface area contributed by atoms with Gasteiger partial charge in [0.05, 0.1) is 10.8 Å². The van der Waals surface area contributed by atoms with Crippen molar-refractivity contribution in [1.29, 1.82) is 0 Å². The number of halogens is 1. The predicted molar refractivity (Wildman–Crippen MR) is 118 cm³/mol. The first kappa shape index (κ1) is 20.1. The molecule has 2 heterocycles. The third-order valence-electron chi connectivity index (χ3n) is 4.91. The number of hydrogen-bond acceptors (Lipinski definition) is 7. The molecule has 1 saturated carbocycles. The number of para-hydroxylation sites is 1. The van der Waals surface area contributed by atoms with Crippen LogP contribution < -0.4 is 4.74 Å². The fourth-order valence-electron chi connectivity index (χ4n) is 3.25. The lowest BCUT2D eigenvalue weighted by molar-refractivity contribution is 0.288. The number of hydrogen-bond donors (Lipinski definition) is 0. The van der Waals surface area contributed by atoms with Crippen LogP contribution >= 0.6 is 23.4 Å². The van der Waals surface area contributed by atoms with Gasteiger partial charge in [0.25, 0.3) is 0 Å². The first-order valence-electron chi connectivity index (χ1n) is 10.0. The molecule has 158 valence electrons. The standard InChI is InChI=1S/C22H20ClN5O2S/c1-14-5-4-6-15(11-14)21-24-20(30-27-21)13-31-22-26-25-19(28(22)16-9-10-16)12-29-18-8-3-2-7-17(18)23/h2-8,11,16H,9-10,12-13H2,1H3. The molecule has 7 nitrogen and oxygen atoms in total. The van der Waals surface area contributed by atoms with Crippen molar-refractivity contribution >= 4 is 23.4 Å². The van der Waals surface area contributed by atoms with Crippen LogP contribution in [0.2, 0.25) is 5.02 Å². The summed E-state index contributed by atoms with van der Waals surface area (Å²) in [5.74, 6) is 3.10. The van der Waals surface area contributed by atoms with Gasteiger partial charge in [0.1, 0.15) is 12.4 Å². The SMILES string of the molecule is Cc1cccc(-c2noc(CSc3nnc(COc4ccccc4Cl)n3C3CC3)n2)c1. The maximum atomic E-state index is 6.19. The minimum atomic E-state index is 0.311. The van der Waals surface area contributed by atoms with Crippen molar-refractivity contribution in [3.63, 3.8) is 0 Å². The van der Waals surface area contributed by atoms with Crippen LogP contribution in [-0.4, -0.2) is 24.9 Å². The van der Waals surface area contributed by atoms with Gasteiger partial charge in [-0.05, 0) is 38.0 Å². The third kappa shape index (κ3) is 4.60. The quantitative estimate of drug-likeness (QED) is 0.326. The molecule has 0 unspecified atom stereocenters. The second-order valence-corrected chi connectivity index (χ2v) is 8.74. The molecule has 0 aliphatic heterocycles. The van der Waals surface area contributed by atoms with Gasteiger partial charge in [0, 0.05) is 11.6 Å². The second-order valence-electron chi connectivity index (χ2n) is 7.39. The van der Waals surface area contributed by atoms with E-state index in [1.165, 1.54) is 11.8 Å². The molecule has 0 N–H and O–H groups in total. The summed E-state index contributed by atoms with van der Waals surface area (Å²) in [5.41, 5.74) is 2.10. The number of rotatable bonds is 8. The zero-order valence-corrected chi connectivity index (χ0v) is 18.4. The Balaban J connectivity index is 1.28. The molecular formula is C22H20ClN5O2S. The zero-order valence-electron chi connectivity index (χ0n) is 16.9. The van der Waals surface area contributed by atoms with Crippen molar-refractivity contribution in [1.82, 2.24) is 24.9 Å². The van der Waals surface area contributed by atoms with Gasteiger partial charge < -0.3 is 9.26 Å². The average molecular weight is 454 g/mol. The number of aromatic nitrogens is 5. The van der Waals surface area contributed by atoms with Crippen LogP contribution in [0.3, 0.4) is 0 Å². The van der Waals surface area contributed by atoms with Gasteiger partial charge in [-0.1, -0.05) is 64.4 Å². The summed E-state index contributed by atoms with van der Waals surface area (Å²) in [6, 6.07) is 15.9. The van der Waals surface area contributed by atoms with Gasteiger partial charge in [-0.25, -0.2) is 0 Å². The summed E-state index contributed by atoms with van der Waals surface area (Å²) >= 11 is 7.72. The first-order valence-corrected chi connectivity index (χ1v) is 11.4. The van der Waals surface area contributed by atoms with Crippen LogP contribution in [0.25, 0.3) is 11.4 Å². The first-order chi connectivity index (χ1) is 15.2. The van der Waals surface area contributed by atoms with E-state index in [-0.39, 0.29) is 0 Å². The average Bonchev–Trinajstić information content (AvgIpc) is 3.35. The summed E-state index contributed by atoms with van der Waals surface area (Å²) < 4.78 is 13.5. The molecule has 1 fully saturated rings. The van der Waals surface area contributed by atoms with Crippen molar-refractivity contribution in [2.45, 2.75) is 43.3 Å². The Morgan fingerprint density at radius 2 is 2.03 bits per heavy atom. The highest BCUT2D eigenvalue weighted by Gasteiger charge is 2.30. The lowest BCUT2D eigenvalue weighted by Gasteiger charge is -2.10. The van der Waals surface area contributed by atoms with Crippen molar-refractivity contribution in [2.24, 2.45) is 0 Å². The molecular weight excluding hydrogens is 434 g/mol. The van der Waals surface area contributed by atoms with E-state index in [0.29, 0.717) is 40.9 Å². The monoisotopic (exact) mass is 453 g/mol. The second kappa shape index (κ2) is 8.72. The van der Waals surface area contributed by atoms with Crippen LogP contribution in [0.5, 0.6) is 5.75 Å². The molecule has 5 rings (SSSR count). The van der Waals surface area contributed by atoms with E-state index in [4.69, 9.17) is 20.9 Å². The Kier molecular flexibility index (Phi) is 5.65. The Morgan fingerprint density at radius 3 is 2.84 bits per heavy atom. The Labute approximate surface area is 188 Å². The van der Waals surface area contributed by atoms with E-state index < -0.39 is 0 Å². The van der Waals surface area contributed by atoms with Gasteiger partial charge in [-0.2, -0.15) is 4.98 Å². The zero-order chi connectivity index (χ0) is 21.2. The maximum absolute atomic E-state index is 6.19. The summed E-state index contributed by atoms with van der Waals surface area (Å²) in [6.45, 7) is 2.35. The molecule has 2 aromatic carbocycles. The molecule has 0 amide bonds. The van der Waals surface area contributed by atoms with Gasteiger partial charge in [0.2, 0.25) is 11.7 Å². The number of benzene rings is 2. The highest BCUT2D eigenvalue weighted by Crippen LogP contribution is 2.39. The molecule has 0 saturated heterocycles. The summed E-state index contributed by atoms with van der Waals surface area (Å²) in [4.78, 5) is 4.52. The topological polar surface area (TPSA) is 78.9 Å². The minimum absolute atomic E-state index is 0.311. The highest BCUT2D eigenvalue weighted by molar-refractivity contribution is 7.98. The molecule has 1 aliphatic rings. The highest BCUT2D eigenvalue weighted by atomic mass is 35.5. The summed E-state index contributed by atoms with van der Waals surface area (Å²) in [5, 5.41) is 14.3. The maximum Gasteiger partial charge on any atom is 0.237 e. The molecule has 0 radical (unpaired) electrons. The Bertz CT molecular complexity index is 1200. The van der Waals surface area contributed by atoms with Crippen molar-refractivity contribution < 1.29 is 9.26 Å². The van der Waals surface area contributed by atoms with E-state index in [0.717, 1.165) is 34.9 Å². The van der Waals surface area contributed by atoms with Crippen LogP contribution in [0.4, 0.5) is 0 Å². The minimum Gasteiger partial charge on any atom is -0.484 e. The van der Waals surface area contributed by atoms with Crippen LogP contribution in [0.1, 0.15) is 36.2 Å². The van der Waals surface area contributed by atoms with Crippen molar-refractivity contribution in [3.8, 4) is 17.1 Å². The van der Waals surface area contributed by atoms with Crippen LogP contribution in [0.15, 0.2) is 58.2 Å². The molecule has 1 aliphatic carbocycles. The van der Waals surface area contributed by atoms with E-state index >= 15 is 0 Å². The molecule has 4 aromatic rings. The smallest absolute Gasteiger partial charge is 0.237 e. The van der Waals surface area contributed by atoms with Crippen molar-refractivity contribution in [2.75, 3.05) is 0 Å². The van der Waals surface area contributed by atoms with E-state index in [9.17, 15) is 0 Å². The number of ether oxygens (including phenoxy) is 1. The number of aryl methyl sites for hydroxylation is 1. The van der Waals surface area contributed by atoms with Crippen LogP contribution in [0, 0.1) is 6.92 Å².